The third-order valence-electron chi connectivity index (χ3n) is 5.55. The molecule has 0 spiro atoms. The number of pyridine rings is 1. The first-order chi connectivity index (χ1) is 13.7. The molecule has 0 N–H and O–H groups in total. The maximum Gasteiger partial charge on any atom is 0.144 e. The Hall–Kier alpha value is -3.46. The molecule has 1 atom stereocenters. The van der Waals surface area contributed by atoms with E-state index in [-0.39, 0.29) is 5.82 Å². The maximum atomic E-state index is 13.4. The SMILES string of the molecule is CC(C1CC1)n1cnc(-c2ccc(F)cc2)c1-c1ccc2ncc(C#N)n2c1. The average Bonchev–Trinajstić information content (AvgIpc) is 3.34. The van der Waals surface area contributed by atoms with Crippen LogP contribution in [0.1, 0.15) is 31.5 Å². The van der Waals surface area contributed by atoms with Gasteiger partial charge in [0.15, 0.2) is 0 Å². The highest BCUT2D eigenvalue weighted by Crippen LogP contribution is 2.43. The zero-order chi connectivity index (χ0) is 19.3. The van der Waals surface area contributed by atoms with E-state index in [0.29, 0.717) is 17.7 Å². The summed E-state index contributed by atoms with van der Waals surface area (Å²) >= 11 is 0. The summed E-state index contributed by atoms with van der Waals surface area (Å²) < 4.78 is 17.4. The van der Waals surface area contributed by atoms with Crippen molar-refractivity contribution < 1.29 is 4.39 Å². The molecule has 0 amide bonds. The normalized spacial score (nSPS) is 14.9. The molecule has 4 aromatic rings. The van der Waals surface area contributed by atoms with Crippen molar-refractivity contribution in [2.75, 3.05) is 0 Å². The molecule has 1 fully saturated rings. The van der Waals surface area contributed by atoms with E-state index < -0.39 is 0 Å². The lowest BCUT2D eigenvalue weighted by molar-refractivity contribution is 0.489. The topological polar surface area (TPSA) is 58.9 Å². The predicted molar refractivity (Wildman–Crippen MR) is 104 cm³/mol. The van der Waals surface area contributed by atoms with Crippen molar-refractivity contribution in [3.63, 3.8) is 0 Å². The highest BCUT2D eigenvalue weighted by atomic mass is 19.1. The molecule has 3 aromatic heterocycles. The first-order valence-electron chi connectivity index (χ1n) is 9.36. The summed E-state index contributed by atoms with van der Waals surface area (Å²) in [6.07, 6.45) is 7.83. The first kappa shape index (κ1) is 16.7. The molecule has 6 heteroatoms. The van der Waals surface area contributed by atoms with Gasteiger partial charge in [-0.2, -0.15) is 5.26 Å². The number of halogens is 1. The molecule has 5 rings (SSSR count). The summed E-state index contributed by atoms with van der Waals surface area (Å²) in [4.78, 5) is 8.96. The molecule has 1 unspecified atom stereocenters. The Bertz CT molecular complexity index is 1210. The second-order valence-electron chi connectivity index (χ2n) is 7.34. The summed E-state index contributed by atoms with van der Waals surface area (Å²) in [7, 11) is 0. The average molecular weight is 371 g/mol. The zero-order valence-corrected chi connectivity index (χ0v) is 15.4. The lowest BCUT2D eigenvalue weighted by atomic mass is 10.0. The Kier molecular flexibility index (Phi) is 3.76. The molecule has 1 aromatic carbocycles. The summed E-state index contributed by atoms with van der Waals surface area (Å²) in [5, 5.41) is 9.36. The second kappa shape index (κ2) is 6.31. The van der Waals surface area contributed by atoms with Gasteiger partial charge in [-0.3, -0.25) is 4.40 Å². The third-order valence-corrected chi connectivity index (χ3v) is 5.55. The number of benzene rings is 1. The number of hydrogen-bond acceptors (Lipinski definition) is 3. The summed E-state index contributed by atoms with van der Waals surface area (Å²) in [5.41, 5.74) is 4.82. The van der Waals surface area contributed by atoms with Crippen LogP contribution in [-0.4, -0.2) is 18.9 Å². The number of imidazole rings is 2. The van der Waals surface area contributed by atoms with Crippen molar-refractivity contribution in [2.24, 2.45) is 5.92 Å². The van der Waals surface area contributed by atoms with E-state index in [1.807, 2.05) is 24.7 Å². The van der Waals surface area contributed by atoms with E-state index in [1.165, 1.54) is 25.0 Å². The Labute approximate surface area is 161 Å². The van der Waals surface area contributed by atoms with Crippen LogP contribution in [0.15, 0.2) is 55.1 Å². The van der Waals surface area contributed by atoms with Gasteiger partial charge in [0.2, 0.25) is 0 Å². The smallest absolute Gasteiger partial charge is 0.144 e. The van der Waals surface area contributed by atoms with Crippen LogP contribution in [-0.2, 0) is 0 Å². The van der Waals surface area contributed by atoms with E-state index in [0.717, 1.165) is 28.2 Å². The lowest BCUT2D eigenvalue weighted by Crippen LogP contribution is -2.08. The summed E-state index contributed by atoms with van der Waals surface area (Å²) in [6.45, 7) is 2.22. The van der Waals surface area contributed by atoms with Crippen LogP contribution < -0.4 is 0 Å². The molecule has 0 radical (unpaired) electrons. The minimum Gasteiger partial charge on any atom is -0.327 e. The molecule has 28 heavy (non-hydrogen) atoms. The van der Waals surface area contributed by atoms with Gasteiger partial charge in [0.05, 0.1) is 23.9 Å². The molecule has 138 valence electrons. The third kappa shape index (κ3) is 2.67. The molecule has 0 aliphatic heterocycles. The van der Waals surface area contributed by atoms with Crippen LogP contribution in [0.4, 0.5) is 4.39 Å². The van der Waals surface area contributed by atoms with Crippen LogP contribution in [0.25, 0.3) is 28.2 Å². The van der Waals surface area contributed by atoms with Crippen molar-refractivity contribution in [1.82, 2.24) is 18.9 Å². The van der Waals surface area contributed by atoms with Gasteiger partial charge in [0, 0.05) is 23.4 Å². The first-order valence-corrected chi connectivity index (χ1v) is 9.36. The van der Waals surface area contributed by atoms with Crippen molar-refractivity contribution in [2.45, 2.75) is 25.8 Å². The van der Waals surface area contributed by atoms with Crippen molar-refractivity contribution in [3.05, 3.63) is 66.6 Å². The van der Waals surface area contributed by atoms with Crippen molar-refractivity contribution >= 4 is 5.65 Å². The number of hydrogen-bond donors (Lipinski definition) is 0. The van der Waals surface area contributed by atoms with E-state index in [9.17, 15) is 9.65 Å². The number of nitrogens with zero attached hydrogens (tertiary/aromatic N) is 5. The lowest BCUT2D eigenvalue weighted by Gasteiger charge is -2.17. The number of fused-ring (bicyclic) bond motifs is 1. The molecular weight excluding hydrogens is 353 g/mol. The van der Waals surface area contributed by atoms with Gasteiger partial charge in [-0.25, -0.2) is 14.4 Å². The minimum absolute atomic E-state index is 0.269. The number of aromatic nitrogens is 4. The highest BCUT2D eigenvalue weighted by molar-refractivity contribution is 5.79. The van der Waals surface area contributed by atoms with E-state index in [1.54, 1.807) is 22.7 Å². The van der Waals surface area contributed by atoms with E-state index in [2.05, 4.69) is 27.5 Å². The van der Waals surface area contributed by atoms with Gasteiger partial charge in [-0.15, -0.1) is 0 Å². The van der Waals surface area contributed by atoms with Gasteiger partial charge in [0.25, 0.3) is 0 Å². The fraction of sp³-hybridized carbons (Fsp3) is 0.227. The molecule has 0 saturated heterocycles. The summed E-state index contributed by atoms with van der Waals surface area (Å²) in [5.74, 6) is 0.384. The van der Waals surface area contributed by atoms with Crippen LogP contribution >= 0.6 is 0 Å². The second-order valence-corrected chi connectivity index (χ2v) is 7.34. The number of rotatable bonds is 4. The van der Waals surface area contributed by atoms with Gasteiger partial charge in [0.1, 0.15) is 23.2 Å². The highest BCUT2D eigenvalue weighted by Gasteiger charge is 2.31. The Balaban J connectivity index is 1.73. The van der Waals surface area contributed by atoms with Crippen LogP contribution in [0, 0.1) is 23.1 Å². The number of nitriles is 1. The van der Waals surface area contributed by atoms with Crippen LogP contribution in [0.3, 0.4) is 0 Å². The molecule has 5 nitrogen and oxygen atoms in total. The Morgan fingerprint density at radius 2 is 1.86 bits per heavy atom. The molecule has 1 saturated carbocycles. The molecule has 1 aliphatic carbocycles. The quantitative estimate of drug-likeness (QED) is 0.515. The van der Waals surface area contributed by atoms with E-state index in [4.69, 9.17) is 0 Å². The molecule has 1 aliphatic rings. The monoisotopic (exact) mass is 371 g/mol. The van der Waals surface area contributed by atoms with Gasteiger partial charge in [-0.05, 0) is 62.1 Å². The standard InChI is InChI=1S/C22H18FN5/c1-14(15-2-3-15)28-13-26-21(16-4-7-18(23)8-5-16)22(28)17-6-9-20-25-11-19(10-24)27(20)12-17/h4-9,11-15H,2-3H2,1H3. The Morgan fingerprint density at radius 1 is 1.11 bits per heavy atom. The Morgan fingerprint density at radius 3 is 2.57 bits per heavy atom. The fourth-order valence-corrected chi connectivity index (χ4v) is 3.78. The van der Waals surface area contributed by atoms with Crippen molar-refractivity contribution in [1.29, 1.82) is 5.26 Å². The van der Waals surface area contributed by atoms with Crippen LogP contribution in [0.5, 0.6) is 0 Å². The fourth-order valence-electron chi connectivity index (χ4n) is 3.78. The summed E-state index contributed by atoms with van der Waals surface area (Å²) in [6, 6.07) is 12.8. The van der Waals surface area contributed by atoms with E-state index >= 15 is 0 Å². The van der Waals surface area contributed by atoms with Gasteiger partial charge < -0.3 is 4.57 Å². The van der Waals surface area contributed by atoms with Crippen molar-refractivity contribution in [3.8, 4) is 28.6 Å². The van der Waals surface area contributed by atoms with Gasteiger partial charge >= 0.3 is 0 Å². The largest absolute Gasteiger partial charge is 0.327 e. The zero-order valence-electron chi connectivity index (χ0n) is 15.4. The molecule has 0 bridgehead atoms. The maximum absolute atomic E-state index is 13.4. The molecular formula is C22H18FN5. The van der Waals surface area contributed by atoms with Gasteiger partial charge in [-0.1, -0.05) is 0 Å². The minimum atomic E-state index is -0.269. The predicted octanol–water partition coefficient (Wildman–Crippen LogP) is 4.85. The van der Waals surface area contributed by atoms with Crippen LogP contribution in [0.2, 0.25) is 0 Å². The molecule has 3 heterocycles.